The molecule has 0 radical (unpaired) electrons. The zero-order valence-corrected chi connectivity index (χ0v) is 24.0. The van der Waals surface area contributed by atoms with E-state index in [1.165, 1.54) is 17.0 Å². The van der Waals surface area contributed by atoms with Gasteiger partial charge in [0, 0.05) is 59.8 Å². The maximum atomic E-state index is 14.5. The molecule has 2 aliphatic rings. The number of hydrogen-bond acceptors (Lipinski definition) is 5. The van der Waals surface area contributed by atoms with Crippen molar-refractivity contribution in [3.63, 3.8) is 0 Å². The van der Waals surface area contributed by atoms with Crippen molar-refractivity contribution in [3.05, 3.63) is 70.1 Å². The topological polar surface area (TPSA) is 121 Å². The molecule has 2 aromatic carbocycles. The number of nitrogens with one attached hydrogen (secondary N) is 1. The quantitative estimate of drug-likeness (QED) is 0.366. The Kier molecular flexibility index (Phi) is 8.81. The maximum Gasteiger partial charge on any atom is 0.253 e. The molecule has 2 saturated heterocycles. The van der Waals surface area contributed by atoms with Crippen LogP contribution in [0.5, 0.6) is 0 Å². The average Bonchev–Trinajstić information content (AvgIpc) is 3.70. The number of alkyl halides is 1. The van der Waals surface area contributed by atoms with E-state index in [4.69, 9.17) is 17.3 Å². The predicted molar refractivity (Wildman–Crippen MR) is 154 cm³/mol. The van der Waals surface area contributed by atoms with Gasteiger partial charge in [-0.2, -0.15) is 0 Å². The van der Waals surface area contributed by atoms with E-state index in [0.29, 0.717) is 41.7 Å². The number of amides is 3. The number of likely N-dealkylation sites (tertiary alicyclic amines) is 2. The van der Waals surface area contributed by atoms with Crippen molar-refractivity contribution in [2.24, 2.45) is 11.7 Å². The molecule has 9 nitrogen and oxygen atoms in total. The summed E-state index contributed by atoms with van der Waals surface area (Å²) >= 11 is 5.82. The molecule has 3 amide bonds. The highest BCUT2D eigenvalue weighted by Gasteiger charge is 2.40. The number of aliphatic hydroxyl groups is 1. The van der Waals surface area contributed by atoms with Gasteiger partial charge >= 0.3 is 0 Å². The van der Waals surface area contributed by atoms with Crippen molar-refractivity contribution in [1.29, 1.82) is 0 Å². The molecule has 0 bridgehead atoms. The number of aromatic nitrogens is 1. The monoisotopic (exact) mass is 601 g/mol. The molecule has 4 N–H and O–H groups in total. The van der Waals surface area contributed by atoms with Gasteiger partial charge in [0.25, 0.3) is 5.91 Å². The van der Waals surface area contributed by atoms with E-state index in [1.54, 1.807) is 46.9 Å². The van der Waals surface area contributed by atoms with Crippen molar-refractivity contribution in [2.75, 3.05) is 26.2 Å². The van der Waals surface area contributed by atoms with Crippen molar-refractivity contribution >= 4 is 40.2 Å². The normalized spacial score (nSPS) is 21.2. The van der Waals surface area contributed by atoms with Crippen LogP contribution in [0.4, 0.5) is 8.78 Å². The number of aliphatic hydroxyl groups excluding tert-OH is 1. The fraction of sp³-hybridized carbons (Fsp3) is 0.433. The number of carbonyl (C=O) groups is 3. The third-order valence-corrected chi connectivity index (χ3v) is 8.47. The zero-order valence-electron chi connectivity index (χ0n) is 23.2. The van der Waals surface area contributed by atoms with Gasteiger partial charge in [0.2, 0.25) is 11.8 Å². The van der Waals surface area contributed by atoms with Crippen LogP contribution >= 0.6 is 11.6 Å². The van der Waals surface area contributed by atoms with E-state index in [2.05, 4.69) is 5.32 Å². The lowest BCUT2D eigenvalue weighted by atomic mass is 10.1. The fourth-order valence-electron chi connectivity index (χ4n) is 5.84. The molecule has 0 aliphatic carbocycles. The van der Waals surface area contributed by atoms with Crippen LogP contribution in [0.3, 0.4) is 0 Å². The maximum absolute atomic E-state index is 14.5. The van der Waals surface area contributed by atoms with Crippen LogP contribution in [-0.2, 0) is 22.7 Å². The van der Waals surface area contributed by atoms with Crippen molar-refractivity contribution in [2.45, 2.75) is 51.2 Å². The number of benzene rings is 2. The van der Waals surface area contributed by atoms with Crippen LogP contribution in [0.2, 0.25) is 5.02 Å². The van der Waals surface area contributed by atoms with Crippen molar-refractivity contribution < 1.29 is 28.3 Å². The van der Waals surface area contributed by atoms with E-state index in [0.717, 1.165) is 6.42 Å². The third-order valence-electron chi connectivity index (χ3n) is 8.18. The van der Waals surface area contributed by atoms with E-state index in [1.807, 2.05) is 0 Å². The number of nitrogens with two attached hydrogens (primary N) is 1. The predicted octanol–water partition coefficient (Wildman–Crippen LogP) is 3.16. The minimum atomic E-state index is -1.40. The second-order valence-electron chi connectivity index (χ2n) is 11.1. The van der Waals surface area contributed by atoms with Gasteiger partial charge in [0.15, 0.2) is 0 Å². The Morgan fingerprint density at radius 2 is 2.00 bits per heavy atom. The summed E-state index contributed by atoms with van der Waals surface area (Å²) < 4.78 is 30.4. The minimum Gasteiger partial charge on any atom is -0.389 e. The van der Waals surface area contributed by atoms with Crippen molar-refractivity contribution in [3.8, 4) is 0 Å². The molecule has 2 aliphatic heterocycles. The van der Waals surface area contributed by atoms with E-state index < -0.39 is 35.9 Å². The van der Waals surface area contributed by atoms with Crippen LogP contribution in [0, 0.1) is 11.7 Å². The van der Waals surface area contributed by atoms with Gasteiger partial charge in [-0.3, -0.25) is 14.4 Å². The van der Waals surface area contributed by atoms with Gasteiger partial charge in [-0.25, -0.2) is 8.78 Å². The third kappa shape index (κ3) is 5.99. The molecule has 4 atom stereocenters. The number of rotatable bonds is 8. The minimum absolute atomic E-state index is 0.0798. The summed E-state index contributed by atoms with van der Waals surface area (Å²) in [5.41, 5.74) is 7.53. The number of fused-ring (bicyclic) bond motifs is 1. The lowest BCUT2D eigenvalue weighted by Crippen LogP contribution is -2.46. The molecule has 2 unspecified atom stereocenters. The summed E-state index contributed by atoms with van der Waals surface area (Å²) in [6.45, 7) is 2.65. The molecule has 3 heterocycles. The fourth-order valence-corrected chi connectivity index (χ4v) is 6.03. The first-order valence-electron chi connectivity index (χ1n) is 14.0. The summed E-state index contributed by atoms with van der Waals surface area (Å²) in [5.74, 6) is -1.63. The van der Waals surface area contributed by atoms with E-state index in [-0.39, 0.29) is 48.5 Å². The Morgan fingerprint density at radius 3 is 2.71 bits per heavy atom. The Balaban J connectivity index is 1.35. The summed E-state index contributed by atoms with van der Waals surface area (Å²) in [6.07, 6.45) is 0.0577. The number of nitrogens with zero attached hydrogens (tertiary/aromatic N) is 3. The van der Waals surface area contributed by atoms with Gasteiger partial charge in [-0.15, -0.1) is 0 Å². The number of carbonyl (C=O) groups excluding carboxylic acids is 3. The van der Waals surface area contributed by atoms with Crippen molar-refractivity contribution in [1.82, 2.24) is 19.7 Å². The average molecular weight is 602 g/mol. The Hall–Kier alpha value is -3.54. The first-order chi connectivity index (χ1) is 20.1. The highest BCUT2D eigenvalue weighted by Crippen LogP contribution is 2.30. The van der Waals surface area contributed by atoms with Crippen LogP contribution in [-0.4, -0.2) is 75.6 Å². The molecule has 2 fully saturated rings. The van der Waals surface area contributed by atoms with E-state index in [9.17, 15) is 28.3 Å². The van der Waals surface area contributed by atoms with Crippen LogP contribution in [0.25, 0.3) is 10.9 Å². The largest absolute Gasteiger partial charge is 0.389 e. The smallest absolute Gasteiger partial charge is 0.253 e. The van der Waals surface area contributed by atoms with Gasteiger partial charge in [-0.05, 0) is 44.0 Å². The van der Waals surface area contributed by atoms with Crippen LogP contribution in [0.1, 0.15) is 47.4 Å². The second-order valence-corrected chi connectivity index (χ2v) is 11.5. The lowest BCUT2D eigenvalue weighted by molar-refractivity contribution is -0.139. The number of halogens is 3. The molecule has 0 saturated carbocycles. The molecule has 12 heteroatoms. The lowest BCUT2D eigenvalue weighted by Gasteiger charge is -2.24. The highest BCUT2D eigenvalue weighted by atomic mass is 35.5. The molecule has 1 aromatic heterocycles. The van der Waals surface area contributed by atoms with Gasteiger partial charge in [0.05, 0.1) is 17.7 Å². The van der Waals surface area contributed by atoms with Crippen LogP contribution in [0.15, 0.2) is 42.6 Å². The Labute approximate surface area is 247 Å². The zero-order chi connectivity index (χ0) is 30.1. The summed E-state index contributed by atoms with van der Waals surface area (Å²) in [6, 6.07) is 8.50. The van der Waals surface area contributed by atoms with Gasteiger partial charge < -0.3 is 30.5 Å². The number of hydrogen-bond donors (Lipinski definition) is 3. The summed E-state index contributed by atoms with van der Waals surface area (Å²) in [7, 11) is 0. The first kappa shape index (κ1) is 29.9. The molecular weight excluding hydrogens is 568 g/mol. The van der Waals surface area contributed by atoms with Gasteiger partial charge in [0.1, 0.15) is 24.6 Å². The molecule has 0 spiro atoms. The van der Waals surface area contributed by atoms with Crippen LogP contribution < -0.4 is 11.1 Å². The SMILES string of the molecule is CC(O)c1cn(CC(=O)N2C[C@H](F)C[C@H]2C(=O)NCc2cccc(Cl)c2F)c2cc(C(=O)N3CCC(CN)C3)ccc12. The molecular formula is C30H34ClF2N5O4. The van der Waals surface area contributed by atoms with Gasteiger partial charge in [-0.1, -0.05) is 29.8 Å². The standard InChI is InChI=1S/C30H34ClF2N5O4/c1-17(39)23-15-37(25-9-19(5-6-22(23)25)30(42)36-8-7-18(11-34)13-36)16-27(40)38-14-21(32)10-26(38)29(41)35-12-20-3-2-4-24(31)28(20)33/h2-6,9,15,17-18,21,26,39H,7-8,10-14,16,34H2,1H3,(H,35,41)/t17?,18?,21-,26+/m1/s1. The first-order valence-corrected chi connectivity index (χ1v) is 14.4. The Morgan fingerprint density at radius 1 is 1.21 bits per heavy atom. The highest BCUT2D eigenvalue weighted by molar-refractivity contribution is 6.30. The molecule has 224 valence electrons. The Bertz CT molecular complexity index is 1510. The second kappa shape index (κ2) is 12.4. The molecule has 3 aromatic rings. The molecule has 42 heavy (non-hydrogen) atoms. The van der Waals surface area contributed by atoms with E-state index >= 15 is 0 Å². The summed E-state index contributed by atoms with van der Waals surface area (Å²) in [5, 5.41) is 13.6. The summed E-state index contributed by atoms with van der Waals surface area (Å²) in [4.78, 5) is 42.7. The molecule has 5 rings (SSSR count).